The molecular formula is C11H9N3O2. The van der Waals surface area contributed by atoms with Crippen LogP contribution in [0.25, 0.3) is 11.9 Å². The third-order valence-corrected chi connectivity index (χ3v) is 1.90. The Kier molecular flexibility index (Phi) is 2.77. The van der Waals surface area contributed by atoms with Gasteiger partial charge in [0, 0.05) is 24.0 Å². The van der Waals surface area contributed by atoms with Crippen molar-refractivity contribution in [1.82, 2.24) is 14.8 Å². The standard InChI is InChI=1S/C11H9N3O2/c15-11(16)5-4-9-7-13-14(8-9)10-3-1-2-6-12-10/h1-8H,(H,15,16)/b5-4+. The first-order valence-electron chi connectivity index (χ1n) is 4.63. The van der Waals surface area contributed by atoms with Crippen LogP contribution in [0, 0.1) is 0 Å². The van der Waals surface area contributed by atoms with Crippen molar-refractivity contribution in [3.8, 4) is 5.82 Å². The Morgan fingerprint density at radius 3 is 3.00 bits per heavy atom. The minimum atomic E-state index is -0.981. The molecule has 0 fully saturated rings. The van der Waals surface area contributed by atoms with Crippen molar-refractivity contribution in [2.45, 2.75) is 0 Å². The number of pyridine rings is 1. The second-order valence-electron chi connectivity index (χ2n) is 3.08. The van der Waals surface area contributed by atoms with Gasteiger partial charge in [-0.3, -0.25) is 0 Å². The fourth-order valence-electron chi connectivity index (χ4n) is 1.20. The van der Waals surface area contributed by atoms with Gasteiger partial charge in [-0.1, -0.05) is 6.07 Å². The number of aliphatic carboxylic acids is 1. The molecule has 0 aliphatic rings. The topological polar surface area (TPSA) is 68.0 Å². The van der Waals surface area contributed by atoms with Crippen molar-refractivity contribution >= 4 is 12.0 Å². The van der Waals surface area contributed by atoms with Crippen LogP contribution in [0.1, 0.15) is 5.56 Å². The van der Waals surface area contributed by atoms with E-state index in [4.69, 9.17) is 5.11 Å². The molecule has 2 rings (SSSR count). The molecule has 2 heterocycles. The van der Waals surface area contributed by atoms with E-state index in [2.05, 4.69) is 10.1 Å². The van der Waals surface area contributed by atoms with Gasteiger partial charge >= 0.3 is 5.97 Å². The third kappa shape index (κ3) is 2.33. The monoisotopic (exact) mass is 215 g/mol. The van der Waals surface area contributed by atoms with Gasteiger partial charge < -0.3 is 5.11 Å². The fraction of sp³-hybridized carbons (Fsp3) is 0. The minimum absolute atomic E-state index is 0.692. The lowest BCUT2D eigenvalue weighted by Gasteiger charge is -1.96. The van der Waals surface area contributed by atoms with Crippen LogP contribution in [0.4, 0.5) is 0 Å². The van der Waals surface area contributed by atoms with Crippen molar-refractivity contribution in [1.29, 1.82) is 0 Å². The Labute approximate surface area is 91.7 Å². The Hall–Kier alpha value is -2.43. The van der Waals surface area contributed by atoms with Crippen molar-refractivity contribution < 1.29 is 9.90 Å². The summed E-state index contributed by atoms with van der Waals surface area (Å²) >= 11 is 0. The average Bonchev–Trinajstić information content (AvgIpc) is 2.76. The Balaban J connectivity index is 2.23. The highest BCUT2D eigenvalue weighted by Gasteiger charge is 1.98. The van der Waals surface area contributed by atoms with Crippen LogP contribution in [0.2, 0.25) is 0 Å². The van der Waals surface area contributed by atoms with Crippen LogP contribution in [-0.2, 0) is 4.79 Å². The van der Waals surface area contributed by atoms with Crippen molar-refractivity contribution in [3.05, 3.63) is 48.4 Å². The highest BCUT2D eigenvalue weighted by atomic mass is 16.4. The molecule has 0 amide bonds. The molecule has 0 aromatic carbocycles. The third-order valence-electron chi connectivity index (χ3n) is 1.90. The average molecular weight is 215 g/mol. The predicted molar refractivity (Wildman–Crippen MR) is 58.0 cm³/mol. The molecule has 0 atom stereocenters. The molecule has 16 heavy (non-hydrogen) atoms. The van der Waals surface area contributed by atoms with E-state index in [-0.39, 0.29) is 0 Å². The first kappa shape index (κ1) is 10.1. The van der Waals surface area contributed by atoms with E-state index in [1.807, 2.05) is 18.2 Å². The maximum absolute atomic E-state index is 10.3. The van der Waals surface area contributed by atoms with E-state index in [1.54, 1.807) is 23.3 Å². The summed E-state index contributed by atoms with van der Waals surface area (Å²) in [5.41, 5.74) is 0.716. The molecule has 0 bridgehead atoms. The van der Waals surface area contributed by atoms with Crippen LogP contribution >= 0.6 is 0 Å². The van der Waals surface area contributed by atoms with Gasteiger partial charge in [-0.05, 0) is 18.2 Å². The first-order chi connectivity index (χ1) is 7.75. The van der Waals surface area contributed by atoms with Gasteiger partial charge in [-0.25, -0.2) is 14.5 Å². The molecule has 80 valence electrons. The zero-order chi connectivity index (χ0) is 11.4. The van der Waals surface area contributed by atoms with Crippen molar-refractivity contribution in [2.24, 2.45) is 0 Å². The number of carboxylic acids is 1. The Morgan fingerprint density at radius 2 is 2.31 bits per heavy atom. The minimum Gasteiger partial charge on any atom is -0.478 e. The van der Waals surface area contributed by atoms with Gasteiger partial charge in [-0.2, -0.15) is 5.10 Å². The zero-order valence-electron chi connectivity index (χ0n) is 8.32. The van der Waals surface area contributed by atoms with E-state index in [9.17, 15) is 4.79 Å². The van der Waals surface area contributed by atoms with Crippen molar-refractivity contribution in [2.75, 3.05) is 0 Å². The highest BCUT2D eigenvalue weighted by Crippen LogP contribution is 2.05. The number of nitrogens with zero attached hydrogens (tertiary/aromatic N) is 3. The molecule has 0 aliphatic carbocycles. The number of aromatic nitrogens is 3. The van der Waals surface area contributed by atoms with Gasteiger partial charge in [0.2, 0.25) is 0 Å². The van der Waals surface area contributed by atoms with Crippen LogP contribution in [-0.4, -0.2) is 25.8 Å². The number of carbonyl (C=O) groups is 1. The summed E-state index contributed by atoms with van der Waals surface area (Å²) in [6.07, 6.45) is 7.51. The summed E-state index contributed by atoms with van der Waals surface area (Å²) in [7, 11) is 0. The lowest BCUT2D eigenvalue weighted by Crippen LogP contribution is -1.95. The van der Waals surface area contributed by atoms with Crippen LogP contribution in [0.3, 0.4) is 0 Å². The Bertz CT molecular complexity index is 517. The van der Waals surface area contributed by atoms with Crippen LogP contribution in [0.5, 0.6) is 0 Å². The second-order valence-corrected chi connectivity index (χ2v) is 3.08. The normalized spacial score (nSPS) is 10.8. The van der Waals surface area contributed by atoms with Gasteiger partial charge in [0.15, 0.2) is 5.82 Å². The molecule has 2 aromatic rings. The maximum atomic E-state index is 10.3. The number of carboxylic acid groups (broad SMARTS) is 1. The predicted octanol–water partition coefficient (Wildman–Crippen LogP) is 1.37. The fourth-order valence-corrected chi connectivity index (χ4v) is 1.20. The van der Waals surface area contributed by atoms with Gasteiger partial charge in [0.25, 0.3) is 0 Å². The smallest absolute Gasteiger partial charge is 0.328 e. The van der Waals surface area contributed by atoms with E-state index < -0.39 is 5.97 Å². The summed E-state index contributed by atoms with van der Waals surface area (Å²) in [6.45, 7) is 0. The highest BCUT2D eigenvalue weighted by molar-refractivity contribution is 5.85. The molecule has 0 radical (unpaired) electrons. The maximum Gasteiger partial charge on any atom is 0.328 e. The quantitative estimate of drug-likeness (QED) is 0.785. The summed E-state index contributed by atoms with van der Waals surface area (Å²) in [5.74, 6) is -0.289. The summed E-state index contributed by atoms with van der Waals surface area (Å²) in [6, 6.07) is 5.49. The van der Waals surface area contributed by atoms with Crippen molar-refractivity contribution in [3.63, 3.8) is 0 Å². The zero-order valence-corrected chi connectivity index (χ0v) is 8.32. The molecule has 2 aromatic heterocycles. The van der Waals surface area contributed by atoms with Crippen LogP contribution in [0.15, 0.2) is 42.9 Å². The van der Waals surface area contributed by atoms with Gasteiger partial charge in [0.05, 0.1) is 6.20 Å². The second kappa shape index (κ2) is 4.39. The summed E-state index contributed by atoms with van der Waals surface area (Å²) in [4.78, 5) is 14.4. The molecule has 0 saturated heterocycles. The van der Waals surface area contributed by atoms with E-state index in [0.717, 1.165) is 6.08 Å². The molecule has 0 aliphatic heterocycles. The molecule has 5 nitrogen and oxygen atoms in total. The molecule has 5 heteroatoms. The molecule has 0 spiro atoms. The number of rotatable bonds is 3. The molecule has 1 N–H and O–H groups in total. The summed E-state index contributed by atoms with van der Waals surface area (Å²) < 4.78 is 1.58. The van der Waals surface area contributed by atoms with E-state index in [1.165, 1.54) is 6.08 Å². The SMILES string of the molecule is O=C(O)/C=C/c1cnn(-c2ccccn2)c1. The molecule has 0 unspecified atom stereocenters. The molecular weight excluding hydrogens is 206 g/mol. The number of hydrogen-bond acceptors (Lipinski definition) is 3. The molecule has 0 saturated carbocycles. The van der Waals surface area contributed by atoms with Gasteiger partial charge in [-0.15, -0.1) is 0 Å². The lowest BCUT2D eigenvalue weighted by atomic mass is 10.3. The largest absolute Gasteiger partial charge is 0.478 e. The first-order valence-corrected chi connectivity index (χ1v) is 4.63. The number of hydrogen-bond donors (Lipinski definition) is 1. The van der Waals surface area contributed by atoms with Crippen LogP contribution < -0.4 is 0 Å². The van der Waals surface area contributed by atoms with E-state index >= 15 is 0 Å². The Morgan fingerprint density at radius 1 is 1.44 bits per heavy atom. The van der Waals surface area contributed by atoms with Gasteiger partial charge in [0.1, 0.15) is 0 Å². The van der Waals surface area contributed by atoms with E-state index in [0.29, 0.717) is 11.4 Å². The lowest BCUT2D eigenvalue weighted by molar-refractivity contribution is -0.131. The summed E-state index contributed by atoms with van der Waals surface area (Å²) in [5, 5.41) is 12.5.